The Bertz CT molecular complexity index is 1090. The Hall–Kier alpha value is -2.62. The predicted molar refractivity (Wildman–Crippen MR) is 141 cm³/mol. The SMILES string of the molecule is CCNC(=NCC(=O)N1CCc2ccccc21)NCCCn1c(C)nc2ccccc21.I. The second-order valence-electron chi connectivity index (χ2n) is 7.70. The number of guanidine groups is 1. The average Bonchev–Trinajstić information content (AvgIpc) is 3.35. The van der Waals surface area contributed by atoms with E-state index >= 15 is 0 Å². The zero-order valence-electron chi connectivity index (χ0n) is 18.7. The Balaban J connectivity index is 0.00000289. The second kappa shape index (κ2) is 11.3. The van der Waals surface area contributed by atoms with Crippen LogP contribution in [-0.2, 0) is 17.8 Å². The van der Waals surface area contributed by atoms with Gasteiger partial charge >= 0.3 is 0 Å². The van der Waals surface area contributed by atoms with Crippen LogP contribution in [0.25, 0.3) is 11.0 Å². The summed E-state index contributed by atoms with van der Waals surface area (Å²) in [6.45, 7) is 7.32. The van der Waals surface area contributed by atoms with Crippen LogP contribution in [0.2, 0.25) is 0 Å². The van der Waals surface area contributed by atoms with Gasteiger partial charge in [-0.15, -0.1) is 24.0 Å². The Labute approximate surface area is 206 Å². The highest BCUT2D eigenvalue weighted by molar-refractivity contribution is 14.0. The first-order chi connectivity index (χ1) is 15.2. The maximum Gasteiger partial charge on any atom is 0.248 e. The van der Waals surface area contributed by atoms with Crippen molar-refractivity contribution in [3.8, 4) is 0 Å². The molecule has 2 aromatic carbocycles. The lowest BCUT2D eigenvalue weighted by Crippen LogP contribution is -2.39. The van der Waals surface area contributed by atoms with Gasteiger partial charge in [0.2, 0.25) is 5.91 Å². The van der Waals surface area contributed by atoms with E-state index in [0.717, 1.165) is 61.6 Å². The van der Waals surface area contributed by atoms with E-state index in [2.05, 4.69) is 37.3 Å². The summed E-state index contributed by atoms with van der Waals surface area (Å²) in [6.07, 6.45) is 1.84. The third-order valence-electron chi connectivity index (χ3n) is 5.60. The smallest absolute Gasteiger partial charge is 0.248 e. The fourth-order valence-corrected chi connectivity index (χ4v) is 4.09. The highest BCUT2D eigenvalue weighted by atomic mass is 127. The van der Waals surface area contributed by atoms with Crippen molar-refractivity contribution in [3.63, 3.8) is 0 Å². The largest absolute Gasteiger partial charge is 0.357 e. The molecule has 2 heterocycles. The molecule has 3 aromatic rings. The first-order valence-corrected chi connectivity index (χ1v) is 11.0. The number of fused-ring (bicyclic) bond motifs is 2. The summed E-state index contributed by atoms with van der Waals surface area (Å²) >= 11 is 0. The number of hydrogen-bond donors (Lipinski definition) is 2. The molecular formula is C24H31IN6O. The lowest BCUT2D eigenvalue weighted by atomic mass is 10.2. The lowest BCUT2D eigenvalue weighted by molar-refractivity contribution is -0.117. The molecule has 0 saturated carbocycles. The molecule has 0 aliphatic carbocycles. The number of nitrogens with zero attached hydrogens (tertiary/aromatic N) is 4. The third kappa shape index (κ3) is 5.40. The van der Waals surface area contributed by atoms with Crippen molar-refractivity contribution >= 4 is 52.6 Å². The zero-order chi connectivity index (χ0) is 21.6. The van der Waals surface area contributed by atoms with Gasteiger partial charge in [0.05, 0.1) is 11.0 Å². The van der Waals surface area contributed by atoms with Crippen molar-refractivity contribution in [1.82, 2.24) is 20.2 Å². The molecule has 4 rings (SSSR count). The monoisotopic (exact) mass is 546 g/mol. The van der Waals surface area contributed by atoms with Crippen molar-refractivity contribution < 1.29 is 4.79 Å². The Kier molecular flexibility index (Phi) is 8.49. The number of hydrogen-bond acceptors (Lipinski definition) is 3. The lowest BCUT2D eigenvalue weighted by Gasteiger charge is -2.17. The van der Waals surface area contributed by atoms with Crippen LogP contribution in [0, 0.1) is 6.92 Å². The van der Waals surface area contributed by atoms with E-state index in [-0.39, 0.29) is 36.4 Å². The van der Waals surface area contributed by atoms with Crippen molar-refractivity contribution in [1.29, 1.82) is 0 Å². The summed E-state index contributed by atoms with van der Waals surface area (Å²) < 4.78 is 2.25. The number of imidazole rings is 1. The van der Waals surface area contributed by atoms with Crippen molar-refractivity contribution in [2.24, 2.45) is 4.99 Å². The standard InChI is InChI=1S/C24H30N6O.HI/c1-3-25-24(27-17-23(31)30-16-13-19-9-4-6-11-21(19)30)26-14-8-15-29-18(2)28-20-10-5-7-12-22(20)29;/h4-7,9-12H,3,8,13-17H2,1-2H3,(H2,25,26,27);1H. The van der Waals surface area contributed by atoms with Crippen molar-refractivity contribution in [3.05, 3.63) is 59.9 Å². The highest BCUT2D eigenvalue weighted by Gasteiger charge is 2.23. The van der Waals surface area contributed by atoms with Gasteiger partial charge < -0.3 is 20.1 Å². The summed E-state index contributed by atoms with van der Waals surface area (Å²) in [5, 5.41) is 6.58. The number of anilines is 1. The van der Waals surface area contributed by atoms with Gasteiger partial charge in [-0.05, 0) is 50.5 Å². The first-order valence-electron chi connectivity index (χ1n) is 11.0. The molecule has 8 heteroatoms. The molecule has 0 spiro atoms. The van der Waals surface area contributed by atoms with Gasteiger partial charge in [0, 0.05) is 31.9 Å². The van der Waals surface area contributed by atoms with E-state index in [1.807, 2.05) is 55.1 Å². The van der Waals surface area contributed by atoms with Crippen LogP contribution < -0.4 is 15.5 Å². The maximum atomic E-state index is 12.7. The fourth-order valence-electron chi connectivity index (χ4n) is 4.09. The van der Waals surface area contributed by atoms with E-state index in [4.69, 9.17) is 0 Å². The molecular weight excluding hydrogens is 515 g/mol. The zero-order valence-corrected chi connectivity index (χ0v) is 21.0. The van der Waals surface area contributed by atoms with Crippen LogP contribution in [0.15, 0.2) is 53.5 Å². The van der Waals surface area contributed by atoms with Crippen molar-refractivity contribution in [2.75, 3.05) is 31.1 Å². The second-order valence-corrected chi connectivity index (χ2v) is 7.70. The number of carbonyl (C=O) groups excluding carboxylic acids is 1. The number of nitrogens with one attached hydrogen (secondary N) is 2. The van der Waals surface area contributed by atoms with Crippen LogP contribution >= 0.6 is 24.0 Å². The summed E-state index contributed by atoms with van der Waals surface area (Å²) in [5.74, 6) is 1.73. The molecule has 1 aromatic heterocycles. The molecule has 1 aliphatic heterocycles. The van der Waals surface area contributed by atoms with Gasteiger partial charge in [0.25, 0.3) is 0 Å². The molecule has 0 unspecified atom stereocenters. The summed E-state index contributed by atoms with van der Waals surface area (Å²) in [5.41, 5.74) is 4.44. The number of carbonyl (C=O) groups is 1. The van der Waals surface area contributed by atoms with E-state index in [9.17, 15) is 4.79 Å². The predicted octanol–water partition coefficient (Wildman–Crippen LogP) is 3.50. The molecule has 170 valence electrons. The van der Waals surface area contributed by atoms with Crippen LogP contribution in [0.5, 0.6) is 0 Å². The minimum Gasteiger partial charge on any atom is -0.357 e. The van der Waals surface area contributed by atoms with Gasteiger partial charge in [0.15, 0.2) is 5.96 Å². The maximum absolute atomic E-state index is 12.7. The average molecular weight is 546 g/mol. The molecule has 0 fully saturated rings. The van der Waals surface area contributed by atoms with E-state index in [0.29, 0.717) is 5.96 Å². The van der Waals surface area contributed by atoms with Gasteiger partial charge in [-0.3, -0.25) is 4.79 Å². The molecule has 1 aliphatic rings. The Morgan fingerprint density at radius 3 is 2.75 bits per heavy atom. The van der Waals surface area contributed by atoms with Crippen molar-refractivity contribution in [2.45, 2.75) is 33.2 Å². The number of aryl methyl sites for hydroxylation is 2. The number of para-hydroxylation sites is 3. The quantitative estimate of drug-likeness (QED) is 0.206. The van der Waals surface area contributed by atoms with Gasteiger partial charge in [-0.25, -0.2) is 9.98 Å². The third-order valence-corrected chi connectivity index (χ3v) is 5.60. The van der Waals surface area contributed by atoms with Crippen LogP contribution in [0.1, 0.15) is 24.7 Å². The number of rotatable bonds is 7. The molecule has 2 N–H and O–H groups in total. The van der Waals surface area contributed by atoms with Crippen LogP contribution in [-0.4, -0.2) is 47.6 Å². The van der Waals surface area contributed by atoms with E-state index in [1.165, 1.54) is 5.56 Å². The van der Waals surface area contributed by atoms with Crippen LogP contribution in [0.3, 0.4) is 0 Å². The van der Waals surface area contributed by atoms with Gasteiger partial charge in [-0.1, -0.05) is 30.3 Å². The fraction of sp³-hybridized carbons (Fsp3) is 0.375. The highest BCUT2D eigenvalue weighted by Crippen LogP contribution is 2.27. The Morgan fingerprint density at radius 2 is 1.91 bits per heavy atom. The summed E-state index contributed by atoms with van der Waals surface area (Å²) in [7, 11) is 0. The Morgan fingerprint density at radius 1 is 1.12 bits per heavy atom. The van der Waals surface area contributed by atoms with Gasteiger partial charge in [0.1, 0.15) is 12.4 Å². The number of aromatic nitrogens is 2. The molecule has 0 saturated heterocycles. The number of benzene rings is 2. The minimum absolute atomic E-state index is 0. The molecule has 7 nitrogen and oxygen atoms in total. The van der Waals surface area contributed by atoms with Gasteiger partial charge in [-0.2, -0.15) is 0 Å². The molecule has 0 atom stereocenters. The molecule has 0 radical (unpaired) electrons. The normalized spacial score (nSPS) is 13.1. The van der Waals surface area contributed by atoms with E-state index in [1.54, 1.807) is 0 Å². The van der Waals surface area contributed by atoms with E-state index < -0.39 is 0 Å². The molecule has 1 amide bonds. The molecule has 32 heavy (non-hydrogen) atoms. The van der Waals surface area contributed by atoms with Crippen LogP contribution in [0.4, 0.5) is 5.69 Å². The minimum atomic E-state index is 0. The molecule has 0 bridgehead atoms. The summed E-state index contributed by atoms with van der Waals surface area (Å²) in [4.78, 5) is 23.7. The number of amides is 1. The first kappa shape index (κ1) is 24.0. The number of aliphatic imine (C=N–C) groups is 1. The topological polar surface area (TPSA) is 74.6 Å². The number of halogens is 1. The summed E-state index contributed by atoms with van der Waals surface area (Å²) in [6, 6.07) is 16.3.